The van der Waals surface area contributed by atoms with Crippen LogP contribution in [0.5, 0.6) is 0 Å². The maximum absolute atomic E-state index is 6.76. The van der Waals surface area contributed by atoms with Gasteiger partial charge < -0.3 is 4.42 Å². The minimum absolute atomic E-state index is 0.585. The zero-order valence-corrected chi connectivity index (χ0v) is 27.6. The van der Waals surface area contributed by atoms with Gasteiger partial charge in [0.25, 0.3) is 0 Å². The third-order valence-corrected chi connectivity index (χ3v) is 9.90. The molecule has 0 saturated carbocycles. The molecule has 51 heavy (non-hydrogen) atoms. The average molecular weight is 651 g/mol. The molecule has 10 rings (SSSR count). The molecule has 8 aromatic carbocycles. The summed E-state index contributed by atoms with van der Waals surface area (Å²) in [5.74, 6) is 0.628. The summed E-state index contributed by atoms with van der Waals surface area (Å²) in [7, 11) is 0. The molecule has 0 aliphatic carbocycles. The number of nitrogens with zero attached hydrogens (tertiary/aromatic N) is 2. The van der Waals surface area contributed by atoms with Crippen molar-refractivity contribution in [1.82, 2.24) is 9.97 Å². The highest BCUT2D eigenvalue weighted by Gasteiger charge is 2.22. The molecule has 0 aliphatic rings. The second-order valence-electron chi connectivity index (χ2n) is 12.9. The van der Waals surface area contributed by atoms with Crippen molar-refractivity contribution < 1.29 is 4.42 Å². The van der Waals surface area contributed by atoms with Gasteiger partial charge in [-0.2, -0.15) is 4.98 Å². The van der Waals surface area contributed by atoms with E-state index in [0.29, 0.717) is 11.5 Å². The van der Waals surface area contributed by atoms with Gasteiger partial charge in [0.2, 0.25) is 5.71 Å². The van der Waals surface area contributed by atoms with Crippen molar-refractivity contribution in [2.75, 3.05) is 0 Å². The van der Waals surface area contributed by atoms with Gasteiger partial charge in [-0.15, -0.1) is 0 Å². The molecule has 0 fully saturated rings. The van der Waals surface area contributed by atoms with E-state index < -0.39 is 0 Å². The van der Waals surface area contributed by atoms with Gasteiger partial charge in [-0.25, -0.2) is 4.98 Å². The molecule has 0 amide bonds. The van der Waals surface area contributed by atoms with Crippen LogP contribution in [0.1, 0.15) is 0 Å². The van der Waals surface area contributed by atoms with Crippen molar-refractivity contribution in [1.29, 1.82) is 0 Å². The van der Waals surface area contributed by atoms with E-state index in [2.05, 4.69) is 170 Å². The molecule has 10 aromatic rings. The number of hydrogen-bond donors (Lipinski definition) is 0. The van der Waals surface area contributed by atoms with Crippen LogP contribution in [0.4, 0.5) is 0 Å². The molecule has 0 spiro atoms. The van der Waals surface area contributed by atoms with Crippen molar-refractivity contribution in [3.05, 3.63) is 182 Å². The van der Waals surface area contributed by atoms with Gasteiger partial charge in [0.15, 0.2) is 5.82 Å². The predicted octanol–water partition coefficient (Wildman–Crippen LogP) is 13.0. The summed E-state index contributed by atoms with van der Waals surface area (Å²) in [6, 6.07) is 63.9. The first-order valence-electron chi connectivity index (χ1n) is 17.2. The molecule has 0 aliphatic heterocycles. The van der Waals surface area contributed by atoms with E-state index in [0.717, 1.165) is 60.5 Å². The summed E-state index contributed by atoms with van der Waals surface area (Å²) in [4.78, 5) is 10.5. The minimum Gasteiger partial charge on any atom is -0.437 e. The average Bonchev–Trinajstić information content (AvgIpc) is 3.62. The summed E-state index contributed by atoms with van der Waals surface area (Å²) in [6.07, 6.45) is 0. The number of rotatable bonds is 5. The molecule has 0 bridgehead atoms. The Hall–Kier alpha value is -6.84. The van der Waals surface area contributed by atoms with Crippen LogP contribution in [0.2, 0.25) is 0 Å². The van der Waals surface area contributed by atoms with E-state index >= 15 is 0 Å². The summed E-state index contributed by atoms with van der Waals surface area (Å²) in [5, 5.41) is 6.54. The Morgan fingerprint density at radius 3 is 1.43 bits per heavy atom. The van der Waals surface area contributed by atoms with Crippen LogP contribution in [-0.2, 0) is 0 Å². The lowest BCUT2D eigenvalue weighted by Crippen LogP contribution is -1.94. The van der Waals surface area contributed by atoms with Crippen LogP contribution in [0.15, 0.2) is 186 Å². The quantitative estimate of drug-likeness (QED) is 0.174. The van der Waals surface area contributed by atoms with Crippen molar-refractivity contribution >= 4 is 43.6 Å². The molecular weight excluding hydrogens is 621 g/mol. The Morgan fingerprint density at radius 1 is 0.314 bits per heavy atom. The van der Waals surface area contributed by atoms with E-state index in [9.17, 15) is 0 Å². The topological polar surface area (TPSA) is 38.9 Å². The maximum Gasteiger partial charge on any atom is 0.231 e. The lowest BCUT2D eigenvalue weighted by atomic mass is 9.95. The smallest absolute Gasteiger partial charge is 0.231 e. The van der Waals surface area contributed by atoms with Gasteiger partial charge in [-0.05, 0) is 61.7 Å². The number of fused-ring (bicyclic) bond motifs is 8. The summed E-state index contributed by atoms with van der Waals surface area (Å²) in [5.41, 5.74) is 11.2. The highest BCUT2D eigenvalue weighted by molar-refractivity contribution is 6.31. The van der Waals surface area contributed by atoms with E-state index in [4.69, 9.17) is 14.4 Å². The van der Waals surface area contributed by atoms with Crippen LogP contribution in [0.25, 0.3) is 99.6 Å². The third-order valence-electron chi connectivity index (χ3n) is 9.90. The summed E-state index contributed by atoms with van der Waals surface area (Å²) in [6.45, 7) is 0. The molecule has 0 N–H and O–H groups in total. The standard InChI is InChI=1S/C48H30N2O/c1-3-13-31(14-4-1)32-25-27-33(28-26-32)35-17-11-18-36(29-35)37-19-12-20-38(30-37)47-49-45(34-15-5-2-6-16-34)44-43-41-23-9-7-21-39(41)40-22-8-10-24-42(40)46(43)51-48(44)50-47/h1-30H. The van der Waals surface area contributed by atoms with Crippen LogP contribution in [0.3, 0.4) is 0 Å². The maximum atomic E-state index is 6.76. The first kappa shape index (κ1) is 29.1. The number of hydrogen-bond acceptors (Lipinski definition) is 3. The van der Waals surface area contributed by atoms with Crippen molar-refractivity contribution in [2.45, 2.75) is 0 Å². The molecule has 0 radical (unpaired) electrons. The van der Waals surface area contributed by atoms with Crippen LogP contribution >= 0.6 is 0 Å². The van der Waals surface area contributed by atoms with E-state index in [-0.39, 0.29) is 0 Å². The molecular formula is C48H30N2O. The molecule has 3 heteroatoms. The van der Waals surface area contributed by atoms with Gasteiger partial charge >= 0.3 is 0 Å². The molecule has 0 atom stereocenters. The molecule has 2 heterocycles. The van der Waals surface area contributed by atoms with Crippen molar-refractivity contribution in [3.63, 3.8) is 0 Å². The van der Waals surface area contributed by atoms with Gasteiger partial charge in [0.05, 0.1) is 11.1 Å². The molecule has 0 unspecified atom stereocenters. The van der Waals surface area contributed by atoms with Crippen LogP contribution in [-0.4, -0.2) is 9.97 Å². The monoisotopic (exact) mass is 650 g/mol. The minimum atomic E-state index is 0.585. The van der Waals surface area contributed by atoms with Gasteiger partial charge in [-0.3, -0.25) is 0 Å². The van der Waals surface area contributed by atoms with E-state index in [1.807, 2.05) is 12.1 Å². The fourth-order valence-electron chi connectivity index (χ4n) is 7.44. The zero-order chi connectivity index (χ0) is 33.7. The van der Waals surface area contributed by atoms with Gasteiger partial charge in [-0.1, -0.05) is 170 Å². The lowest BCUT2D eigenvalue weighted by molar-refractivity contribution is 0.657. The Morgan fingerprint density at radius 2 is 0.765 bits per heavy atom. The second-order valence-corrected chi connectivity index (χ2v) is 12.9. The van der Waals surface area contributed by atoms with Gasteiger partial charge in [0, 0.05) is 21.9 Å². The first-order chi connectivity index (χ1) is 25.3. The van der Waals surface area contributed by atoms with Crippen LogP contribution in [0, 0.1) is 0 Å². The fraction of sp³-hybridized carbons (Fsp3) is 0. The zero-order valence-electron chi connectivity index (χ0n) is 27.6. The van der Waals surface area contributed by atoms with Crippen molar-refractivity contribution in [2.24, 2.45) is 0 Å². The lowest BCUT2D eigenvalue weighted by Gasteiger charge is -2.10. The number of benzene rings is 8. The molecule has 2 aromatic heterocycles. The third kappa shape index (κ3) is 4.98. The van der Waals surface area contributed by atoms with E-state index in [1.54, 1.807) is 0 Å². The second kappa shape index (κ2) is 11.9. The highest BCUT2D eigenvalue weighted by atomic mass is 16.3. The number of furan rings is 1. The summed E-state index contributed by atoms with van der Waals surface area (Å²) < 4.78 is 6.76. The van der Waals surface area contributed by atoms with Gasteiger partial charge in [0.1, 0.15) is 5.58 Å². The SMILES string of the molecule is c1ccc(-c2ccc(-c3cccc(-c4cccc(-c5nc(-c6ccccc6)c6c(n5)oc5c7ccccc7c7ccccc7c56)c4)c3)cc2)cc1. The fourth-order valence-corrected chi connectivity index (χ4v) is 7.44. The van der Waals surface area contributed by atoms with E-state index in [1.165, 1.54) is 27.6 Å². The normalized spacial score (nSPS) is 11.5. The Balaban J connectivity index is 1.12. The molecule has 3 nitrogen and oxygen atoms in total. The first-order valence-corrected chi connectivity index (χ1v) is 17.2. The Bertz CT molecular complexity index is 2890. The largest absolute Gasteiger partial charge is 0.437 e. The highest BCUT2D eigenvalue weighted by Crippen LogP contribution is 2.44. The Kier molecular flexibility index (Phi) is 6.81. The molecule has 0 saturated heterocycles. The van der Waals surface area contributed by atoms with Crippen LogP contribution < -0.4 is 0 Å². The predicted molar refractivity (Wildman–Crippen MR) is 212 cm³/mol. The number of aromatic nitrogens is 2. The Labute approximate surface area is 295 Å². The summed E-state index contributed by atoms with van der Waals surface area (Å²) >= 11 is 0. The molecule has 238 valence electrons. The van der Waals surface area contributed by atoms with Crippen molar-refractivity contribution in [3.8, 4) is 56.0 Å².